The number of hydrogen-bond donors (Lipinski definition) is 1. The SMILES string of the molecule is Cc1nn(C[C@@H]2C=C3c4cccc5c4C(CN5)C[C@H]3N(C)C2)c2c1CCC2. The molecule has 4 nitrogen and oxygen atoms in total. The Kier molecular flexibility index (Phi) is 3.37. The third-order valence-corrected chi connectivity index (χ3v) is 7.32. The minimum atomic E-state index is 0.534. The number of hydrogen-bond acceptors (Lipinski definition) is 3. The Hall–Kier alpha value is -2.07. The van der Waals surface area contributed by atoms with Crippen LogP contribution in [0.25, 0.3) is 5.57 Å². The van der Waals surface area contributed by atoms with Gasteiger partial charge in [-0.15, -0.1) is 0 Å². The van der Waals surface area contributed by atoms with Gasteiger partial charge in [0, 0.05) is 48.9 Å². The smallest absolute Gasteiger partial charge is 0.0628 e. The molecule has 0 spiro atoms. The zero-order valence-electron chi connectivity index (χ0n) is 16.3. The molecule has 6 rings (SSSR count). The van der Waals surface area contributed by atoms with E-state index in [1.165, 1.54) is 53.9 Å². The normalized spacial score (nSPS) is 28.4. The maximum atomic E-state index is 4.89. The van der Waals surface area contributed by atoms with E-state index < -0.39 is 0 Å². The minimum Gasteiger partial charge on any atom is -0.384 e. The van der Waals surface area contributed by atoms with Gasteiger partial charge < -0.3 is 5.32 Å². The lowest BCUT2D eigenvalue weighted by Crippen LogP contribution is -2.43. The van der Waals surface area contributed by atoms with E-state index in [9.17, 15) is 0 Å². The fourth-order valence-corrected chi connectivity index (χ4v) is 6.13. The molecule has 0 amide bonds. The average molecular weight is 361 g/mol. The molecular weight excluding hydrogens is 332 g/mol. The van der Waals surface area contributed by atoms with Gasteiger partial charge in [-0.2, -0.15) is 5.10 Å². The predicted molar refractivity (Wildman–Crippen MR) is 109 cm³/mol. The van der Waals surface area contributed by atoms with Crippen LogP contribution in [-0.4, -0.2) is 40.9 Å². The van der Waals surface area contributed by atoms with E-state index in [1.54, 1.807) is 11.1 Å². The Bertz CT molecular complexity index is 954. The van der Waals surface area contributed by atoms with Crippen molar-refractivity contribution >= 4 is 11.3 Å². The molecule has 1 N–H and O–H groups in total. The van der Waals surface area contributed by atoms with E-state index in [-0.39, 0.29) is 0 Å². The summed E-state index contributed by atoms with van der Waals surface area (Å²) in [6, 6.07) is 7.39. The van der Waals surface area contributed by atoms with E-state index in [2.05, 4.69) is 53.1 Å². The molecule has 0 bridgehead atoms. The first-order chi connectivity index (χ1) is 13.2. The molecule has 1 aromatic heterocycles. The summed E-state index contributed by atoms with van der Waals surface area (Å²) < 4.78 is 2.33. The van der Waals surface area contributed by atoms with Crippen molar-refractivity contribution in [2.24, 2.45) is 5.92 Å². The van der Waals surface area contributed by atoms with Crippen LogP contribution < -0.4 is 5.32 Å². The number of rotatable bonds is 2. The van der Waals surface area contributed by atoms with Crippen LogP contribution in [0.3, 0.4) is 0 Å². The maximum absolute atomic E-state index is 4.89. The molecule has 1 aromatic carbocycles. The van der Waals surface area contributed by atoms with Gasteiger partial charge in [0.2, 0.25) is 0 Å². The molecule has 2 aromatic rings. The highest BCUT2D eigenvalue weighted by Crippen LogP contribution is 2.48. The van der Waals surface area contributed by atoms with Crippen molar-refractivity contribution in [3.8, 4) is 0 Å². The number of likely N-dealkylation sites (N-methyl/N-ethyl adjacent to an activating group) is 1. The first-order valence-electron chi connectivity index (χ1n) is 10.5. The molecule has 2 aliphatic carbocycles. The van der Waals surface area contributed by atoms with Crippen molar-refractivity contribution in [1.29, 1.82) is 0 Å². The van der Waals surface area contributed by atoms with Crippen molar-refractivity contribution in [2.45, 2.75) is 51.1 Å². The van der Waals surface area contributed by atoms with E-state index in [0.717, 1.165) is 19.6 Å². The van der Waals surface area contributed by atoms with Crippen molar-refractivity contribution in [3.05, 3.63) is 52.4 Å². The Morgan fingerprint density at radius 2 is 2.19 bits per heavy atom. The number of nitrogens with zero attached hydrogens (tertiary/aromatic N) is 3. The van der Waals surface area contributed by atoms with Crippen molar-refractivity contribution in [1.82, 2.24) is 14.7 Å². The van der Waals surface area contributed by atoms with Crippen LogP contribution in [0.2, 0.25) is 0 Å². The molecule has 0 saturated heterocycles. The Morgan fingerprint density at radius 3 is 3.11 bits per heavy atom. The van der Waals surface area contributed by atoms with E-state index in [4.69, 9.17) is 5.10 Å². The summed E-state index contributed by atoms with van der Waals surface area (Å²) in [7, 11) is 2.32. The quantitative estimate of drug-likeness (QED) is 0.888. The summed E-state index contributed by atoms with van der Waals surface area (Å²) in [6.45, 7) is 5.44. The number of fused-ring (bicyclic) bond motifs is 3. The molecule has 0 saturated carbocycles. The highest BCUT2D eigenvalue weighted by molar-refractivity contribution is 5.81. The van der Waals surface area contributed by atoms with E-state index >= 15 is 0 Å². The average Bonchev–Trinajstić information content (AvgIpc) is 3.36. The fraction of sp³-hybridized carbons (Fsp3) is 0.522. The molecule has 3 atom stereocenters. The number of aromatic nitrogens is 2. The van der Waals surface area contributed by atoms with Crippen LogP contribution in [0.1, 0.15) is 46.8 Å². The van der Waals surface area contributed by atoms with Gasteiger partial charge in [0.25, 0.3) is 0 Å². The van der Waals surface area contributed by atoms with E-state index in [0.29, 0.717) is 17.9 Å². The van der Waals surface area contributed by atoms with Crippen LogP contribution >= 0.6 is 0 Å². The Morgan fingerprint density at radius 1 is 1.26 bits per heavy atom. The minimum absolute atomic E-state index is 0.534. The zero-order valence-corrected chi connectivity index (χ0v) is 16.3. The van der Waals surface area contributed by atoms with Crippen LogP contribution in [0.5, 0.6) is 0 Å². The molecule has 27 heavy (non-hydrogen) atoms. The summed E-state index contributed by atoms with van der Waals surface area (Å²) in [5.41, 5.74) is 10.3. The molecule has 3 heterocycles. The molecule has 4 heteroatoms. The number of aryl methyl sites for hydroxylation is 1. The summed E-state index contributed by atoms with van der Waals surface area (Å²) in [5, 5.41) is 8.52. The lowest BCUT2D eigenvalue weighted by atomic mass is 9.74. The van der Waals surface area contributed by atoms with Crippen molar-refractivity contribution < 1.29 is 0 Å². The standard InChI is InChI=1S/C23H28N4/c1-14-17-5-4-8-21(17)27(25-14)13-15-9-19-18-6-3-7-20-23(18)16(11-24-20)10-22(19)26(2)12-15/h3,6-7,9,15-16,22,24H,4-5,8,10-13H2,1-2H3/t15-,16?,22-/m1/s1. The summed E-state index contributed by atoms with van der Waals surface area (Å²) in [4.78, 5) is 2.60. The van der Waals surface area contributed by atoms with Crippen molar-refractivity contribution in [3.63, 3.8) is 0 Å². The van der Waals surface area contributed by atoms with Gasteiger partial charge >= 0.3 is 0 Å². The predicted octanol–water partition coefficient (Wildman–Crippen LogP) is 3.61. The first-order valence-corrected chi connectivity index (χ1v) is 10.5. The number of nitrogens with one attached hydrogen (secondary N) is 1. The first kappa shape index (κ1) is 15.9. The highest BCUT2D eigenvalue weighted by Gasteiger charge is 2.39. The Balaban J connectivity index is 1.38. The van der Waals surface area contributed by atoms with Gasteiger partial charge in [-0.05, 0) is 68.0 Å². The van der Waals surface area contributed by atoms with Gasteiger partial charge in [0.15, 0.2) is 0 Å². The molecule has 0 fully saturated rings. The summed E-state index contributed by atoms with van der Waals surface area (Å²) in [5.74, 6) is 1.21. The molecule has 1 unspecified atom stereocenters. The summed E-state index contributed by atoms with van der Waals surface area (Å²) in [6.07, 6.45) is 7.57. The van der Waals surface area contributed by atoms with Gasteiger partial charge in [0.1, 0.15) is 0 Å². The monoisotopic (exact) mass is 360 g/mol. The van der Waals surface area contributed by atoms with Crippen LogP contribution in [0.15, 0.2) is 24.3 Å². The van der Waals surface area contributed by atoms with Gasteiger partial charge in [-0.1, -0.05) is 18.2 Å². The second-order valence-corrected chi connectivity index (χ2v) is 8.96. The van der Waals surface area contributed by atoms with Crippen LogP contribution in [0, 0.1) is 12.8 Å². The van der Waals surface area contributed by atoms with E-state index in [1.807, 2.05) is 0 Å². The molecule has 4 aliphatic rings. The topological polar surface area (TPSA) is 33.1 Å². The second-order valence-electron chi connectivity index (χ2n) is 8.96. The van der Waals surface area contributed by atoms with Gasteiger partial charge in [-0.3, -0.25) is 9.58 Å². The third-order valence-electron chi connectivity index (χ3n) is 7.32. The number of anilines is 1. The second kappa shape index (κ2) is 5.71. The third kappa shape index (κ3) is 2.29. The van der Waals surface area contributed by atoms with Gasteiger partial charge in [-0.25, -0.2) is 0 Å². The highest BCUT2D eigenvalue weighted by atomic mass is 15.3. The Labute approximate surface area is 161 Å². The molecular formula is C23H28N4. The van der Waals surface area contributed by atoms with Crippen molar-refractivity contribution in [2.75, 3.05) is 25.5 Å². The molecule has 0 radical (unpaired) electrons. The molecule has 2 aliphatic heterocycles. The largest absolute Gasteiger partial charge is 0.384 e. The summed E-state index contributed by atoms with van der Waals surface area (Å²) >= 11 is 0. The zero-order chi connectivity index (χ0) is 18.1. The number of benzene rings is 1. The molecule has 140 valence electrons. The van der Waals surface area contributed by atoms with Crippen LogP contribution in [0.4, 0.5) is 5.69 Å². The van der Waals surface area contributed by atoms with Gasteiger partial charge in [0.05, 0.1) is 5.69 Å². The fourth-order valence-electron chi connectivity index (χ4n) is 6.13. The lowest BCUT2D eigenvalue weighted by Gasteiger charge is -2.42. The lowest BCUT2D eigenvalue weighted by molar-refractivity contribution is 0.215. The van der Waals surface area contributed by atoms with Crippen LogP contribution in [-0.2, 0) is 19.4 Å². The maximum Gasteiger partial charge on any atom is 0.0628 e.